The number of nitrogens with one attached hydrogen (secondary N) is 1. The molecule has 3 aromatic rings. The Hall–Kier alpha value is -5.22. The number of ether oxygens (including phenoxy) is 1. The number of benzene rings is 3. The summed E-state index contributed by atoms with van der Waals surface area (Å²) in [7, 11) is 1.17. The van der Waals surface area contributed by atoms with E-state index >= 15 is 8.78 Å². The van der Waals surface area contributed by atoms with Crippen molar-refractivity contribution in [1.29, 1.82) is 0 Å². The molecule has 2 atom stereocenters. The lowest BCUT2D eigenvalue weighted by atomic mass is 9.92. The highest BCUT2D eigenvalue weighted by Crippen LogP contribution is 2.38. The van der Waals surface area contributed by atoms with Gasteiger partial charge in [0.15, 0.2) is 0 Å². The van der Waals surface area contributed by atoms with Crippen LogP contribution in [0.5, 0.6) is 5.75 Å². The summed E-state index contributed by atoms with van der Waals surface area (Å²) >= 11 is 0. The van der Waals surface area contributed by atoms with Crippen LogP contribution >= 0.6 is 0 Å². The minimum absolute atomic E-state index is 0.0697. The predicted molar refractivity (Wildman–Crippen MR) is 201 cm³/mol. The first kappa shape index (κ1) is 45.5. The highest BCUT2D eigenvalue weighted by molar-refractivity contribution is 5.85. The number of hydrogen-bond donors (Lipinski definition) is 3. The zero-order valence-electron chi connectivity index (χ0n) is 32.4. The molecule has 0 radical (unpaired) electrons. The van der Waals surface area contributed by atoms with E-state index in [4.69, 9.17) is 4.74 Å². The van der Waals surface area contributed by atoms with Gasteiger partial charge in [-0.05, 0) is 91.4 Å². The molecule has 16 heteroatoms. The van der Waals surface area contributed by atoms with Gasteiger partial charge in [0.25, 0.3) is 5.92 Å². The second kappa shape index (κ2) is 19.5. The number of nitrogens with zero attached hydrogens (tertiary/aromatic N) is 2. The maximum Gasteiger partial charge on any atom is 0.416 e. The number of rotatable bonds is 16. The normalized spacial score (nSPS) is 16.1. The number of aryl methyl sites for hydroxylation is 2. The van der Waals surface area contributed by atoms with E-state index < -0.39 is 96.7 Å². The summed E-state index contributed by atoms with van der Waals surface area (Å²) in [5.41, 5.74) is -1.09. The van der Waals surface area contributed by atoms with Gasteiger partial charge in [-0.3, -0.25) is 14.4 Å². The fraction of sp³-hybridized carbons (Fsp3) is 0.405. The second-order valence-corrected chi connectivity index (χ2v) is 14.1. The number of phenolic OH excluding ortho intramolecular Hbond substituents is 1. The summed E-state index contributed by atoms with van der Waals surface area (Å²) in [6.07, 6.45) is -6.09. The Morgan fingerprint density at radius 2 is 1.72 bits per heavy atom. The molecule has 1 aliphatic rings. The molecule has 1 saturated heterocycles. The number of alkyl halides is 5. The summed E-state index contributed by atoms with van der Waals surface area (Å²) in [5.74, 6) is -6.88. The third kappa shape index (κ3) is 11.5. The van der Waals surface area contributed by atoms with Gasteiger partial charge in [-0.15, -0.1) is 0 Å². The largest absolute Gasteiger partial charge is 0.507 e. The van der Waals surface area contributed by atoms with Gasteiger partial charge in [-0.25, -0.2) is 17.6 Å². The maximum atomic E-state index is 16.1. The summed E-state index contributed by atoms with van der Waals surface area (Å²) in [5, 5.41) is 23.2. The van der Waals surface area contributed by atoms with Crippen molar-refractivity contribution in [2.45, 2.75) is 77.2 Å². The molecule has 58 heavy (non-hydrogen) atoms. The van der Waals surface area contributed by atoms with Crippen LogP contribution in [0.2, 0.25) is 0 Å². The number of hydrogen-bond acceptors (Lipinski definition) is 8. The quantitative estimate of drug-likeness (QED) is 0.0439. The Morgan fingerprint density at radius 1 is 1.03 bits per heavy atom. The molecule has 9 nitrogen and oxygen atoms in total. The van der Waals surface area contributed by atoms with E-state index in [9.17, 15) is 46.5 Å². The summed E-state index contributed by atoms with van der Waals surface area (Å²) < 4.78 is 108. The number of piperidine rings is 1. The Bertz CT molecular complexity index is 2000. The van der Waals surface area contributed by atoms with E-state index in [0.717, 1.165) is 23.2 Å². The number of carbonyl (C=O) groups is 3. The molecular weight excluding hydrogens is 775 g/mol. The van der Waals surface area contributed by atoms with Gasteiger partial charge in [0.2, 0.25) is 5.91 Å². The van der Waals surface area contributed by atoms with Crippen LogP contribution in [0.3, 0.4) is 0 Å². The summed E-state index contributed by atoms with van der Waals surface area (Å²) in [4.78, 5) is 41.5. The van der Waals surface area contributed by atoms with Gasteiger partial charge in [0.1, 0.15) is 29.7 Å². The van der Waals surface area contributed by atoms with E-state index in [1.54, 1.807) is 19.1 Å². The van der Waals surface area contributed by atoms with E-state index in [1.165, 1.54) is 50.1 Å². The van der Waals surface area contributed by atoms with E-state index in [-0.39, 0.29) is 61.0 Å². The molecule has 1 heterocycles. The molecular formula is C42H46F7N3O6. The Balaban J connectivity index is 1.87. The first-order chi connectivity index (χ1) is 27.3. The van der Waals surface area contributed by atoms with Gasteiger partial charge >= 0.3 is 12.1 Å². The third-order valence-electron chi connectivity index (χ3n) is 9.91. The zero-order chi connectivity index (χ0) is 42.9. The number of aromatic hydroxyl groups is 1. The number of amides is 1. The minimum Gasteiger partial charge on any atom is -0.507 e. The lowest BCUT2D eigenvalue weighted by Crippen LogP contribution is -2.41. The van der Waals surface area contributed by atoms with Crippen molar-refractivity contribution >= 4 is 18.2 Å². The average Bonchev–Trinajstić information content (AvgIpc) is 3.14. The van der Waals surface area contributed by atoms with Crippen LogP contribution < -0.4 is 5.32 Å². The molecule has 0 aliphatic carbocycles. The van der Waals surface area contributed by atoms with Crippen LogP contribution in [0, 0.1) is 25.5 Å². The highest BCUT2D eigenvalue weighted by Gasteiger charge is 2.39. The number of allylic oxidation sites excluding steroid dienone is 2. The Kier molecular flexibility index (Phi) is 15.3. The van der Waals surface area contributed by atoms with Crippen LogP contribution in [-0.4, -0.2) is 83.6 Å². The molecule has 1 amide bonds. The number of esters is 1. The van der Waals surface area contributed by atoms with Gasteiger partial charge in [0.05, 0.1) is 31.2 Å². The lowest BCUT2D eigenvalue weighted by molar-refractivity contribution is -0.144. The molecule has 0 bridgehead atoms. The molecule has 1 unspecified atom stereocenters. The number of likely N-dealkylation sites (N-methyl/N-ethyl adjacent to an activating group) is 1. The molecule has 0 saturated carbocycles. The number of halogens is 7. The van der Waals surface area contributed by atoms with Crippen molar-refractivity contribution in [2.75, 3.05) is 33.3 Å². The monoisotopic (exact) mass is 821 g/mol. The highest BCUT2D eigenvalue weighted by atomic mass is 19.4. The van der Waals surface area contributed by atoms with Crippen molar-refractivity contribution in [3.05, 3.63) is 111 Å². The minimum atomic E-state index is -5.10. The predicted octanol–water partition coefficient (Wildman–Crippen LogP) is 7.92. The summed E-state index contributed by atoms with van der Waals surface area (Å²) in [6, 6.07) is 7.45. The third-order valence-corrected chi connectivity index (χ3v) is 9.91. The fourth-order valence-corrected chi connectivity index (χ4v) is 6.97. The number of phenols is 1. The van der Waals surface area contributed by atoms with Crippen molar-refractivity contribution in [3.8, 4) is 16.9 Å². The maximum absolute atomic E-state index is 16.1. The van der Waals surface area contributed by atoms with E-state index in [1.807, 2.05) is 0 Å². The van der Waals surface area contributed by atoms with Gasteiger partial charge < -0.3 is 30.1 Å². The zero-order valence-corrected chi connectivity index (χ0v) is 32.4. The summed E-state index contributed by atoms with van der Waals surface area (Å²) in [6.45, 7) is 3.62. The average molecular weight is 822 g/mol. The first-order valence-corrected chi connectivity index (χ1v) is 18.5. The lowest BCUT2D eigenvalue weighted by Gasteiger charge is -2.33. The van der Waals surface area contributed by atoms with Crippen LogP contribution in [0.25, 0.3) is 11.1 Å². The number of carbonyl (C=O) groups excluding carboxylic acids is 3. The molecule has 0 aromatic heterocycles. The van der Waals surface area contributed by atoms with Gasteiger partial charge in [0, 0.05) is 62.4 Å². The van der Waals surface area contributed by atoms with E-state index in [2.05, 4.69) is 5.32 Å². The Labute approximate surface area is 331 Å². The molecule has 3 aromatic carbocycles. The van der Waals surface area contributed by atoms with Crippen LogP contribution in [-0.2, 0) is 25.7 Å². The smallest absolute Gasteiger partial charge is 0.416 e. The fourth-order valence-electron chi connectivity index (χ4n) is 6.97. The Morgan fingerprint density at radius 3 is 2.33 bits per heavy atom. The molecule has 1 aliphatic heterocycles. The second-order valence-electron chi connectivity index (χ2n) is 14.1. The number of aldehydes is 1. The van der Waals surface area contributed by atoms with Gasteiger partial charge in [-0.1, -0.05) is 18.2 Å². The van der Waals surface area contributed by atoms with Gasteiger partial charge in [-0.2, -0.15) is 13.2 Å². The van der Waals surface area contributed by atoms with Crippen LogP contribution in [0.15, 0.2) is 72.0 Å². The van der Waals surface area contributed by atoms with Crippen molar-refractivity contribution in [3.63, 3.8) is 0 Å². The molecule has 0 spiro atoms. The SMILES string of the molecule is CCOC(=O)C[C@H](NC(=O)C(c1cc(CO)ccc1F)N(C)/C=C(CCN1CCC(F)(F)CC1)\C(=C/C=O)C(F)(F)F)c1cc(-c2c(C)cccc2O)cc(C)c1F. The number of aliphatic hydroxyl groups is 1. The number of likely N-dealkylation sites (tertiary alicyclic amines) is 1. The molecule has 314 valence electrons. The van der Waals surface area contributed by atoms with Crippen molar-refractivity contribution in [2.24, 2.45) is 0 Å². The first-order valence-electron chi connectivity index (χ1n) is 18.5. The van der Waals surface area contributed by atoms with E-state index in [0.29, 0.717) is 16.7 Å². The topological polar surface area (TPSA) is 119 Å². The van der Waals surface area contributed by atoms with Crippen LogP contribution in [0.4, 0.5) is 30.7 Å². The van der Waals surface area contributed by atoms with Crippen molar-refractivity contribution in [1.82, 2.24) is 15.1 Å². The number of aliphatic hydroxyl groups excluding tert-OH is 1. The molecule has 1 fully saturated rings. The van der Waals surface area contributed by atoms with Crippen LogP contribution in [0.1, 0.15) is 72.5 Å². The molecule has 4 rings (SSSR count). The molecule has 3 N–H and O–H groups in total. The van der Waals surface area contributed by atoms with Crippen molar-refractivity contribution < 1.29 is 60.1 Å². The standard InChI is InChI=1S/C42H46F7N3O6/c1-5-58-36(56)22-34(31-21-29(19-26(3)38(31)44)37-25(2)7-6-8-35(37)55)50-40(57)39(30-20-27(24-54)9-10-33(30)43)51(4)23-28(32(12-18-53)42(47,48)49)11-15-52-16-13-41(45,46)14-17-52/h6-10,12,18-21,23,34,39,54-55H,5,11,13-17,22,24H2,1-4H3,(H,50,57)/b28-23-,32-12+/t34-,39?/m0/s1.